The van der Waals surface area contributed by atoms with Crippen molar-refractivity contribution in [3.63, 3.8) is 0 Å². The van der Waals surface area contributed by atoms with E-state index in [1.54, 1.807) is 19.4 Å². The number of methoxy groups -OCH3 is 1. The van der Waals surface area contributed by atoms with E-state index < -0.39 is 0 Å². The number of aromatic nitrogens is 1. The lowest BCUT2D eigenvalue weighted by Gasteiger charge is -2.11. The van der Waals surface area contributed by atoms with Crippen LogP contribution in [0, 0.1) is 6.92 Å². The Morgan fingerprint density at radius 1 is 1.03 bits per heavy atom. The number of hydrogen-bond donors (Lipinski definition) is 1. The van der Waals surface area contributed by atoms with E-state index in [1.165, 1.54) is 0 Å². The van der Waals surface area contributed by atoms with Crippen LogP contribution in [-0.2, 0) is 6.42 Å². The number of carbonyl (C=O) groups excluding carboxylic acids is 1. The van der Waals surface area contributed by atoms with Gasteiger partial charge in [0.1, 0.15) is 5.75 Å². The molecule has 1 N–H and O–H groups in total. The highest BCUT2D eigenvalue weighted by Gasteiger charge is 2.17. The minimum absolute atomic E-state index is 0.165. The number of nitrogens with zero attached hydrogens (tertiary/aromatic N) is 1. The van der Waals surface area contributed by atoms with E-state index in [9.17, 15) is 4.79 Å². The molecule has 1 aromatic heterocycles. The number of aryl methyl sites for hydroxylation is 1. The Balaban J connectivity index is 1.49. The minimum Gasteiger partial charge on any atom is -0.496 e. The second kappa shape index (κ2) is 9.30. The lowest BCUT2D eigenvalue weighted by molar-refractivity contribution is 0.0954. The molecule has 4 rings (SSSR count). The number of oxazole rings is 1. The Hall–Kier alpha value is -3.86. The van der Waals surface area contributed by atoms with E-state index in [-0.39, 0.29) is 5.91 Å². The number of benzene rings is 3. The molecule has 0 atom stereocenters. The molecule has 0 unspecified atom stereocenters. The van der Waals surface area contributed by atoms with Crippen molar-refractivity contribution in [1.82, 2.24) is 10.3 Å². The van der Waals surface area contributed by atoms with Crippen molar-refractivity contribution in [1.29, 1.82) is 0 Å². The minimum atomic E-state index is -0.165. The van der Waals surface area contributed by atoms with Crippen LogP contribution in [0.15, 0.2) is 83.4 Å². The Morgan fingerprint density at radius 2 is 1.81 bits per heavy atom. The fourth-order valence-corrected chi connectivity index (χ4v) is 3.51. The third kappa shape index (κ3) is 4.67. The van der Waals surface area contributed by atoms with Gasteiger partial charge < -0.3 is 14.5 Å². The summed E-state index contributed by atoms with van der Waals surface area (Å²) in [6.45, 7) is 2.53. The van der Waals surface area contributed by atoms with Crippen LogP contribution in [0.3, 0.4) is 0 Å². The van der Waals surface area contributed by atoms with Gasteiger partial charge in [-0.1, -0.05) is 60.2 Å². The molecule has 1 amide bonds. The maximum absolute atomic E-state index is 12.9. The highest BCUT2D eigenvalue weighted by molar-refractivity contribution is 6.00. The van der Waals surface area contributed by atoms with Crippen LogP contribution in [0.4, 0.5) is 0 Å². The summed E-state index contributed by atoms with van der Waals surface area (Å²) in [5.74, 6) is 1.75. The third-order valence-electron chi connectivity index (χ3n) is 5.08. The average Bonchev–Trinajstić information content (AvgIpc) is 3.30. The normalized spacial score (nSPS) is 10.6. The molecule has 3 aromatic carbocycles. The predicted octanol–water partition coefficient (Wildman–Crippen LogP) is 5.30. The molecule has 0 aliphatic carbocycles. The summed E-state index contributed by atoms with van der Waals surface area (Å²) < 4.78 is 11.4. The molecule has 0 saturated carbocycles. The van der Waals surface area contributed by atoms with E-state index in [2.05, 4.69) is 16.4 Å². The topological polar surface area (TPSA) is 64.4 Å². The molecule has 0 aliphatic rings. The van der Waals surface area contributed by atoms with Gasteiger partial charge >= 0.3 is 0 Å². The van der Waals surface area contributed by atoms with Gasteiger partial charge in [0.15, 0.2) is 5.76 Å². The second-order valence-electron chi connectivity index (χ2n) is 7.26. The zero-order valence-electron chi connectivity index (χ0n) is 17.6. The summed E-state index contributed by atoms with van der Waals surface area (Å²) in [4.78, 5) is 17.3. The molecular weight excluding hydrogens is 388 g/mol. The quantitative estimate of drug-likeness (QED) is 0.447. The van der Waals surface area contributed by atoms with Crippen LogP contribution in [0.2, 0.25) is 0 Å². The molecule has 5 heteroatoms. The van der Waals surface area contributed by atoms with Gasteiger partial charge in [-0.05, 0) is 37.1 Å². The SMILES string of the molecule is COc1ccc(C)cc1CCNC(=O)c1ccccc1-c1ncc(-c2ccccc2)o1. The zero-order chi connectivity index (χ0) is 21.6. The number of amides is 1. The van der Waals surface area contributed by atoms with E-state index in [1.807, 2.05) is 67.6 Å². The van der Waals surface area contributed by atoms with Crippen LogP contribution in [0.1, 0.15) is 21.5 Å². The number of hydrogen-bond acceptors (Lipinski definition) is 4. The van der Waals surface area contributed by atoms with Crippen LogP contribution in [0.25, 0.3) is 22.8 Å². The largest absolute Gasteiger partial charge is 0.496 e. The Kier molecular flexibility index (Phi) is 6.13. The molecule has 0 radical (unpaired) electrons. The van der Waals surface area contributed by atoms with Gasteiger partial charge in [0, 0.05) is 17.7 Å². The number of ether oxygens (including phenoxy) is 1. The summed E-state index contributed by atoms with van der Waals surface area (Å²) in [6, 6.07) is 23.1. The van der Waals surface area contributed by atoms with Gasteiger partial charge in [-0.2, -0.15) is 0 Å². The zero-order valence-corrected chi connectivity index (χ0v) is 17.6. The van der Waals surface area contributed by atoms with Crippen LogP contribution in [0.5, 0.6) is 5.75 Å². The van der Waals surface area contributed by atoms with Crippen LogP contribution < -0.4 is 10.1 Å². The molecule has 0 aliphatic heterocycles. The van der Waals surface area contributed by atoms with Crippen molar-refractivity contribution in [3.8, 4) is 28.5 Å². The Bertz CT molecular complexity index is 1180. The molecule has 31 heavy (non-hydrogen) atoms. The van der Waals surface area contributed by atoms with Gasteiger partial charge in [0.25, 0.3) is 5.91 Å². The van der Waals surface area contributed by atoms with Gasteiger partial charge in [-0.25, -0.2) is 4.98 Å². The van der Waals surface area contributed by atoms with E-state index in [0.717, 1.165) is 22.4 Å². The van der Waals surface area contributed by atoms with Crippen molar-refractivity contribution in [2.24, 2.45) is 0 Å². The maximum atomic E-state index is 12.9. The van der Waals surface area contributed by atoms with Gasteiger partial charge in [-0.15, -0.1) is 0 Å². The molecule has 4 aromatic rings. The summed E-state index contributed by atoms with van der Waals surface area (Å²) in [6.07, 6.45) is 2.36. The predicted molar refractivity (Wildman–Crippen MR) is 121 cm³/mol. The number of rotatable bonds is 7. The highest BCUT2D eigenvalue weighted by atomic mass is 16.5. The fraction of sp³-hybridized carbons (Fsp3) is 0.154. The molecule has 0 fully saturated rings. The van der Waals surface area contributed by atoms with Crippen LogP contribution in [-0.4, -0.2) is 24.5 Å². The highest BCUT2D eigenvalue weighted by Crippen LogP contribution is 2.28. The van der Waals surface area contributed by atoms with E-state index in [4.69, 9.17) is 9.15 Å². The number of carbonyl (C=O) groups is 1. The van der Waals surface area contributed by atoms with Crippen molar-refractivity contribution in [2.45, 2.75) is 13.3 Å². The van der Waals surface area contributed by atoms with Crippen molar-refractivity contribution in [2.75, 3.05) is 13.7 Å². The Labute approximate surface area is 181 Å². The molecule has 1 heterocycles. The summed E-state index contributed by atoms with van der Waals surface area (Å²) >= 11 is 0. The molecule has 0 spiro atoms. The summed E-state index contributed by atoms with van der Waals surface area (Å²) in [5.41, 5.74) is 4.35. The molecule has 156 valence electrons. The lowest BCUT2D eigenvalue weighted by atomic mass is 10.1. The first kappa shape index (κ1) is 20.4. The van der Waals surface area contributed by atoms with Gasteiger partial charge in [-0.3, -0.25) is 4.79 Å². The second-order valence-corrected chi connectivity index (χ2v) is 7.26. The fourth-order valence-electron chi connectivity index (χ4n) is 3.51. The van der Waals surface area contributed by atoms with Crippen LogP contribution >= 0.6 is 0 Å². The molecular formula is C26H24N2O3. The Morgan fingerprint density at radius 3 is 2.61 bits per heavy atom. The molecule has 5 nitrogen and oxygen atoms in total. The first-order valence-electron chi connectivity index (χ1n) is 10.2. The summed E-state index contributed by atoms with van der Waals surface area (Å²) in [5, 5.41) is 3.00. The molecule has 0 bridgehead atoms. The van der Waals surface area contributed by atoms with E-state index in [0.29, 0.717) is 35.7 Å². The monoisotopic (exact) mass is 412 g/mol. The summed E-state index contributed by atoms with van der Waals surface area (Å²) in [7, 11) is 1.66. The van der Waals surface area contributed by atoms with Crippen molar-refractivity contribution in [3.05, 3.63) is 95.7 Å². The van der Waals surface area contributed by atoms with Crippen molar-refractivity contribution >= 4 is 5.91 Å². The van der Waals surface area contributed by atoms with Crippen molar-refractivity contribution < 1.29 is 13.9 Å². The molecule has 0 saturated heterocycles. The van der Waals surface area contributed by atoms with Gasteiger partial charge in [0.05, 0.1) is 18.9 Å². The smallest absolute Gasteiger partial charge is 0.252 e. The van der Waals surface area contributed by atoms with E-state index >= 15 is 0 Å². The first-order valence-corrected chi connectivity index (χ1v) is 10.2. The first-order chi connectivity index (χ1) is 15.2. The maximum Gasteiger partial charge on any atom is 0.252 e. The lowest BCUT2D eigenvalue weighted by Crippen LogP contribution is -2.26. The standard InChI is InChI=1S/C26H24N2O3/c1-18-12-13-23(30-2)20(16-18)14-15-27-25(29)21-10-6-7-11-22(21)26-28-17-24(31-26)19-8-4-3-5-9-19/h3-13,16-17H,14-15H2,1-2H3,(H,27,29). The average molecular weight is 412 g/mol. The number of nitrogens with one attached hydrogen (secondary N) is 1. The third-order valence-corrected chi connectivity index (χ3v) is 5.08. The van der Waals surface area contributed by atoms with Gasteiger partial charge in [0.2, 0.25) is 5.89 Å².